The first-order valence-corrected chi connectivity index (χ1v) is 9.31. The minimum Gasteiger partial charge on any atom is -0.264 e. The van der Waals surface area contributed by atoms with Crippen molar-refractivity contribution in [3.05, 3.63) is 53.0 Å². The molecule has 0 aromatic heterocycles. The number of thioether (sulfide) groups is 1. The van der Waals surface area contributed by atoms with Crippen molar-refractivity contribution < 1.29 is 8.42 Å². The summed E-state index contributed by atoms with van der Waals surface area (Å²) in [6.07, 6.45) is 0. The van der Waals surface area contributed by atoms with Crippen molar-refractivity contribution in [3.8, 4) is 0 Å². The van der Waals surface area contributed by atoms with Gasteiger partial charge >= 0.3 is 0 Å². The lowest BCUT2D eigenvalue weighted by Crippen LogP contribution is -2.35. The molecule has 1 aliphatic heterocycles. The smallest absolute Gasteiger partial charge is 0.264 e. The first kappa shape index (κ1) is 14.0. The highest BCUT2D eigenvalue weighted by atomic mass is 79.9. The van der Waals surface area contributed by atoms with Crippen LogP contribution in [-0.4, -0.2) is 20.7 Å². The van der Waals surface area contributed by atoms with E-state index >= 15 is 0 Å². The summed E-state index contributed by atoms with van der Waals surface area (Å²) in [5.41, 5.74) is 0.758. The molecule has 0 unspecified atom stereocenters. The second-order valence-electron chi connectivity index (χ2n) is 4.35. The van der Waals surface area contributed by atoms with Crippen LogP contribution >= 0.6 is 27.7 Å². The maximum atomic E-state index is 12.7. The summed E-state index contributed by atoms with van der Waals surface area (Å²) in [6.45, 7) is 0.497. The Kier molecular flexibility index (Phi) is 3.79. The normalized spacial score (nSPS) is 14.9. The minimum absolute atomic E-state index is 0.334. The third-order valence-electron chi connectivity index (χ3n) is 3.07. The summed E-state index contributed by atoms with van der Waals surface area (Å²) in [7, 11) is -3.48. The zero-order valence-electron chi connectivity index (χ0n) is 10.5. The molecule has 2 aromatic carbocycles. The van der Waals surface area contributed by atoms with Crippen LogP contribution in [0.5, 0.6) is 0 Å². The summed E-state index contributed by atoms with van der Waals surface area (Å²) in [5, 5.41) is 0. The molecule has 0 radical (unpaired) electrons. The standard InChI is InChI=1S/C14H12BrNO2S2/c15-11-6-7-13-14(10-11)19-9-8-16(13)20(17,18)12-4-2-1-3-5-12/h1-7,10H,8-9H2. The van der Waals surface area contributed by atoms with Gasteiger partial charge in [0.15, 0.2) is 0 Å². The quantitative estimate of drug-likeness (QED) is 0.808. The SMILES string of the molecule is O=S(=O)(c1ccccc1)N1CCSc2cc(Br)ccc21. The van der Waals surface area contributed by atoms with Crippen LogP contribution in [0.4, 0.5) is 5.69 Å². The first-order valence-electron chi connectivity index (χ1n) is 6.09. The number of anilines is 1. The fourth-order valence-corrected chi connectivity index (χ4v) is 5.36. The number of sulfonamides is 1. The molecule has 1 aliphatic rings. The van der Waals surface area contributed by atoms with Crippen LogP contribution in [0.2, 0.25) is 0 Å². The third kappa shape index (κ3) is 2.47. The molecule has 3 rings (SSSR count). The fraction of sp³-hybridized carbons (Fsp3) is 0.143. The van der Waals surface area contributed by atoms with E-state index in [9.17, 15) is 8.42 Å². The second kappa shape index (κ2) is 5.42. The zero-order valence-corrected chi connectivity index (χ0v) is 13.7. The van der Waals surface area contributed by atoms with Gasteiger partial charge < -0.3 is 0 Å². The number of nitrogens with zero attached hydrogens (tertiary/aromatic N) is 1. The number of rotatable bonds is 2. The molecule has 2 aromatic rings. The highest BCUT2D eigenvalue weighted by Gasteiger charge is 2.29. The molecule has 0 saturated heterocycles. The van der Waals surface area contributed by atoms with E-state index < -0.39 is 10.0 Å². The summed E-state index contributed by atoms with van der Waals surface area (Å²) in [5.74, 6) is 0.759. The molecule has 104 valence electrons. The summed E-state index contributed by atoms with van der Waals surface area (Å²) in [4.78, 5) is 1.32. The molecule has 0 amide bonds. The Morgan fingerprint density at radius 3 is 2.60 bits per heavy atom. The van der Waals surface area contributed by atoms with E-state index in [0.29, 0.717) is 11.4 Å². The van der Waals surface area contributed by atoms with E-state index in [1.807, 2.05) is 24.3 Å². The van der Waals surface area contributed by atoms with E-state index in [-0.39, 0.29) is 0 Å². The lowest BCUT2D eigenvalue weighted by molar-refractivity contribution is 0.591. The average molecular weight is 370 g/mol. The van der Waals surface area contributed by atoms with Crippen LogP contribution in [0.25, 0.3) is 0 Å². The zero-order chi connectivity index (χ0) is 14.2. The van der Waals surface area contributed by atoms with Crippen molar-refractivity contribution in [2.45, 2.75) is 9.79 Å². The molecule has 0 bridgehead atoms. The van der Waals surface area contributed by atoms with Crippen LogP contribution in [0.1, 0.15) is 0 Å². The average Bonchev–Trinajstić information content (AvgIpc) is 2.47. The summed E-state index contributed by atoms with van der Waals surface area (Å²) >= 11 is 5.11. The van der Waals surface area contributed by atoms with Crippen molar-refractivity contribution in [1.82, 2.24) is 0 Å². The lowest BCUT2D eigenvalue weighted by atomic mass is 10.3. The molecular formula is C14H12BrNO2S2. The Hall–Kier alpha value is -0.980. The highest BCUT2D eigenvalue weighted by Crippen LogP contribution is 2.39. The van der Waals surface area contributed by atoms with Gasteiger partial charge in [-0.1, -0.05) is 34.1 Å². The van der Waals surface area contributed by atoms with E-state index in [4.69, 9.17) is 0 Å². The van der Waals surface area contributed by atoms with Crippen LogP contribution in [-0.2, 0) is 10.0 Å². The van der Waals surface area contributed by atoms with Crippen molar-refractivity contribution >= 4 is 43.4 Å². The topological polar surface area (TPSA) is 37.4 Å². The lowest BCUT2D eigenvalue weighted by Gasteiger charge is -2.30. The van der Waals surface area contributed by atoms with Gasteiger partial charge in [-0.2, -0.15) is 0 Å². The molecule has 0 spiro atoms. The molecule has 6 heteroatoms. The molecule has 1 heterocycles. The van der Waals surface area contributed by atoms with Crippen LogP contribution in [0.3, 0.4) is 0 Å². The first-order chi connectivity index (χ1) is 9.59. The van der Waals surface area contributed by atoms with Gasteiger partial charge in [-0.15, -0.1) is 11.8 Å². The van der Waals surface area contributed by atoms with E-state index in [2.05, 4.69) is 15.9 Å². The fourth-order valence-electron chi connectivity index (χ4n) is 2.14. The molecule has 3 nitrogen and oxygen atoms in total. The molecule has 0 aliphatic carbocycles. The molecular weight excluding hydrogens is 358 g/mol. The van der Waals surface area contributed by atoms with Crippen LogP contribution in [0, 0.1) is 0 Å². The van der Waals surface area contributed by atoms with Crippen LogP contribution in [0.15, 0.2) is 62.8 Å². The predicted molar refractivity (Wildman–Crippen MR) is 85.8 cm³/mol. The monoisotopic (exact) mass is 369 g/mol. The van der Waals surface area contributed by atoms with Gasteiger partial charge in [0, 0.05) is 21.7 Å². The van der Waals surface area contributed by atoms with Gasteiger partial charge in [-0.3, -0.25) is 4.31 Å². The Morgan fingerprint density at radius 2 is 1.85 bits per heavy atom. The summed E-state index contributed by atoms with van der Waals surface area (Å²) in [6, 6.07) is 14.3. The molecule has 0 N–H and O–H groups in total. The predicted octanol–water partition coefficient (Wildman–Crippen LogP) is 3.75. The van der Waals surface area contributed by atoms with Crippen molar-refractivity contribution in [2.75, 3.05) is 16.6 Å². The van der Waals surface area contributed by atoms with Gasteiger partial charge in [0.05, 0.1) is 10.6 Å². The number of hydrogen-bond acceptors (Lipinski definition) is 3. The molecule has 0 fully saturated rings. The molecule has 0 atom stereocenters. The van der Waals surface area contributed by atoms with Crippen molar-refractivity contribution in [2.24, 2.45) is 0 Å². The Bertz CT molecular complexity index is 732. The van der Waals surface area contributed by atoms with Crippen LogP contribution < -0.4 is 4.31 Å². The van der Waals surface area contributed by atoms with Gasteiger partial charge in [-0.25, -0.2) is 8.42 Å². The van der Waals surface area contributed by atoms with Gasteiger partial charge in [0.1, 0.15) is 0 Å². The molecule has 20 heavy (non-hydrogen) atoms. The number of benzene rings is 2. The Morgan fingerprint density at radius 1 is 1.10 bits per heavy atom. The Labute approximate surface area is 131 Å². The van der Waals surface area contributed by atoms with Gasteiger partial charge in [-0.05, 0) is 30.3 Å². The van der Waals surface area contributed by atoms with Gasteiger partial charge in [0.25, 0.3) is 10.0 Å². The van der Waals surface area contributed by atoms with E-state index in [1.165, 1.54) is 4.31 Å². The largest absolute Gasteiger partial charge is 0.264 e. The maximum Gasteiger partial charge on any atom is 0.264 e. The number of halogens is 1. The third-order valence-corrected chi connectivity index (χ3v) is 6.42. The minimum atomic E-state index is -3.48. The van der Waals surface area contributed by atoms with Crippen molar-refractivity contribution in [3.63, 3.8) is 0 Å². The number of hydrogen-bond donors (Lipinski definition) is 0. The van der Waals surface area contributed by atoms with E-state index in [0.717, 1.165) is 20.8 Å². The second-order valence-corrected chi connectivity index (χ2v) is 8.27. The van der Waals surface area contributed by atoms with Crippen molar-refractivity contribution in [1.29, 1.82) is 0 Å². The summed E-state index contributed by atoms with van der Waals surface area (Å²) < 4.78 is 27.9. The van der Waals surface area contributed by atoms with E-state index in [1.54, 1.807) is 36.0 Å². The maximum absolute atomic E-state index is 12.7. The molecule has 0 saturated carbocycles. The van der Waals surface area contributed by atoms with Gasteiger partial charge in [0.2, 0.25) is 0 Å². The Balaban J connectivity index is 2.09. The number of fused-ring (bicyclic) bond motifs is 1. The highest BCUT2D eigenvalue weighted by molar-refractivity contribution is 9.10.